The van der Waals surface area contributed by atoms with Crippen molar-refractivity contribution in [1.82, 2.24) is 10.6 Å². The summed E-state index contributed by atoms with van der Waals surface area (Å²) in [5.74, 6) is 0.871. The maximum Gasteiger partial charge on any atom is 0.191 e. The van der Waals surface area contributed by atoms with Gasteiger partial charge in [0.25, 0.3) is 0 Å². The number of sulfone groups is 1. The normalized spacial score (nSPS) is 13.5. The standard InChI is InChI=1S/C15H27N3O3S2.HI/c1-4-16-15(17-8-7-12(2)3)18-10-13(19)11-23(20,21)14-6-5-9-22-14;/h5-6,9,12-13,19H,4,7-8,10-11H2,1-3H3,(H2,16,17,18);1H. The molecule has 140 valence electrons. The average molecular weight is 489 g/mol. The molecule has 1 rings (SSSR count). The Morgan fingerprint density at radius 3 is 2.62 bits per heavy atom. The van der Waals surface area contributed by atoms with E-state index in [1.807, 2.05) is 6.92 Å². The van der Waals surface area contributed by atoms with E-state index >= 15 is 0 Å². The van der Waals surface area contributed by atoms with Gasteiger partial charge < -0.3 is 15.7 Å². The first kappa shape index (κ1) is 23.6. The minimum atomic E-state index is -3.45. The molecule has 3 N–H and O–H groups in total. The topological polar surface area (TPSA) is 90.8 Å². The van der Waals surface area contributed by atoms with Crippen LogP contribution in [0, 0.1) is 5.92 Å². The van der Waals surface area contributed by atoms with E-state index in [0.29, 0.717) is 18.4 Å². The average Bonchev–Trinajstić information content (AvgIpc) is 2.99. The van der Waals surface area contributed by atoms with E-state index in [1.54, 1.807) is 17.5 Å². The number of halogens is 1. The van der Waals surface area contributed by atoms with Crippen molar-refractivity contribution < 1.29 is 13.5 Å². The molecule has 0 aliphatic heterocycles. The van der Waals surface area contributed by atoms with Gasteiger partial charge in [-0.2, -0.15) is 0 Å². The number of hydrogen-bond donors (Lipinski definition) is 3. The Kier molecular flexibility index (Phi) is 11.8. The molecule has 1 unspecified atom stereocenters. The molecule has 1 heterocycles. The van der Waals surface area contributed by atoms with Crippen LogP contribution in [0.1, 0.15) is 27.2 Å². The van der Waals surface area contributed by atoms with E-state index in [9.17, 15) is 13.5 Å². The number of rotatable bonds is 9. The largest absolute Gasteiger partial charge is 0.390 e. The van der Waals surface area contributed by atoms with Crippen LogP contribution >= 0.6 is 35.3 Å². The minimum absolute atomic E-state index is 0. The lowest BCUT2D eigenvalue weighted by Crippen LogP contribution is -2.39. The highest BCUT2D eigenvalue weighted by Gasteiger charge is 2.20. The smallest absolute Gasteiger partial charge is 0.191 e. The second kappa shape index (κ2) is 12.0. The van der Waals surface area contributed by atoms with Crippen molar-refractivity contribution in [1.29, 1.82) is 0 Å². The SMILES string of the molecule is CCNC(=NCC(O)CS(=O)(=O)c1cccs1)NCCC(C)C.I. The summed E-state index contributed by atoms with van der Waals surface area (Å²) in [5.41, 5.74) is 0. The molecular weight excluding hydrogens is 461 g/mol. The summed E-state index contributed by atoms with van der Waals surface area (Å²) in [6.07, 6.45) is -0.0117. The van der Waals surface area contributed by atoms with Crippen molar-refractivity contribution in [2.45, 2.75) is 37.5 Å². The number of hydrogen-bond acceptors (Lipinski definition) is 5. The van der Waals surface area contributed by atoms with Gasteiger partial charge in [-0.3, -0.25) is 4.99 Å². The number of nitrogens with one attached hydrogen (secondary N) is 2. The number of aliphatic hydroxyl groups excluding tert-OH is 1. The summed E-state index contributed by atoms with van der Waals surface area (Å²) in [6.45, 7) is 7.78. The number of aliphatic imine (C=N–C) groups is 1. The molecule has 9 heteroatoms. The second-order valence-corrected chi connectivity index (χ2v) is 8.91. The van der Waals surface area contributed by atoms with Gasteiger partial charge in [0.2, 0.25) is 0 Å². The molecule has 0 aliphatic rings. The van der Waals surface area contributed by atoms with Crippen LogP contribution in [0.3, 0.4) is 0 Å². The fourth-order valence-corrected chi connectivity index (χ4v) is 4.31. The van der Waals surface area contributed by atoms with Gasteiger partial charge in [0.1, 0.15) is 4.21 Å². The van der Waals surface area contributed by atoms with Gasteiger partial charge in [0, 0.05) is 13.1 Å². The van der Waals surface area contributed by atoms with Gasteiger partial charge in [0.15, 0.2) is 15.8 Å². The molecule has 0 aliphatic carbocycles. The second-order valence-electron chi connectivity index (χ2n) is 5.70. The molecule has 0 bridgehead atoms. The molecule has 0 spiro atoms. The van der Waals surface area contributed by atoms with Crippen LogP contribution in [0.5, 0.6) is 0 Å². The zero-order valence-electron chi connectivity index (χ0n) is 14.4. The summed E-state index contributed by atoms with van der Waals surface area (Å²) >= 11 is 1.16. The van der Waals surface area contributed by atoms with Crippen molar-refractivity contribution >= 4 is 51.1 Å². The van der Waals surface area contributed by atoms with Crippen LogP contribution in [0.15, 0.2) is 26.7 Å². The number of guanidine groups is 1. The maximum absolute atomic E-state index is 12.1. The number of thiophene rings is 1. The molecule has 0 saturated heterocycles. The van der Waals surface area contributed by atoms with E-state index in [2.05, 4.69) is 29.5 Å². The molecule has 24 heavy (non-hydrogen) atoms. The van der Waals surface area contributed by atoms with E-state index in [4.69, 9.17) is 0 Å². The van der Waals surface area contributed by atoms with Crippen LogP contribution in [0.4, 0.5) is 0 Å². The van der Waals surface area contributed by atoms with E-state index in [0.717, 1.165) is 24.3 Å². The Bertz CT molecular complexity index is 575. The van der Waals surface area contributed by atoms with Crippen molar-refractivity contribution in [2.75, 3.05) is 25.4 Å². The fourth-order valence-electron chi connectivity index (χ4n) is 1.85. The van der Waals surface area contributed by atoms with Gasteiger partial charge in [0.05, 0.1) is 18.4 Å². The van der Waals surface area contributed by atoms with Gasteiger partial charge in [-0.25, -0.2) is 8.42 Å². The van der Waals surface area contributed by atoms with E-state index < -0.39 is 15.9 Å². The Hall–Kier alpha value is -0.390. The zero-order valence-corrected chi connectivity index (χ0v) is 18.3. The molecule has 0 fully saturated rings. The van der Waals surface area contributed by atoms with Crippen LogP contribution in [0.25, 0.3) is 0 Å². The summed E-state index contributed by atoms with van der Waals surface area (Å²) in [6, 6.07) is 3.23. The molecule has 1 aromatic heterocycles. The summed E-state index contributed by atoms with van der Waals surface area (Å²) in [7, 11) is -3.45. The third-order valence-corrected chi connectivity index (χ3v) is 6.32. The van der Waals surface area contributed by atoms with Gasteiger partial charge >= 0.3 is 0 Å². The summed E-state index contributed by atoms with van der Waals surface area (Å²) in [5, 5.41) is 17.9. The first-order valence-corrected chi connectivity index (χ1v) is 10.3. The van der Waals surface area contributed by atoms with Crippen molar-refractivity contribution in [3.63, 3.8) is 0 Å². The first-order valence-electron chi connectivity index (χ1n) is 7.81. The summed E-state index contributed by atoms with van der Waals surface area (Å²) < 4.78 is 24.5. The molecule has 0 saturated carbocycles. The number of nitrogens with zero attached hydrogens (tertiary/aromatic N) is 1. The monoisotopic (exact) mass is 489 g/mol. The lowest BCUT2D eigenvalue weighted by Gasteiger charge is -2.14. The minimum Gasteiger partial charge on any atom is -0.390 e. The third kappa shape index (κ3) is 9.19. The highest BCUT2D eigenvalue weighted by molar-refractivity contribution is 14.0. The Morgan fingerprint density at radius 1 is 1.38 bits per heavy atom. The maximum atomic E-state index is 12.1. The Labute approximate surface area is 166 Å². The summed E-state index contributed by atoms with van der Waals surface area (Å²) in [4.78, 5) is 4.26. The lowest BCUT2D eigenvalue weighted by atomic mass is 10.1. The highest BCUT2D eigenvalue weighted by atomic mass is 127. The van der Waals surface area contributed by atoms with Gasteiger partial charge in [-0.15, -0.1) is 35.3 Å². The molecule has 0 radical (unpaired) electrons. The van der Waals surface area contributed by atoms with Crippen molar-refractivity contribution in [2.24, 2.45) is 10.9 Å². The molecule has 1 atom stereocenters. The predicted molar refractivity (Wildman–Crippen MR) is 111 cm³/mol. The molecule has 0 amide bonds. The van der Waals surface area contributed by atoms with Crippen LogP contribution in [0.2, 0.25) is 0 Å². The van der Waals surface area contributed by atoms with Crippen molar-refractivity contribution in [3.05, 3.63) is 17.5 Å². The highest BCUT2D eigenvalue weighted by Crippen LogP contribution is 2.18. The fraction of sp³-hybridized carbons (Fsp3) is 0.667. The molecule has 0 aromatic carbocycles. The van der Waals surface area contributed by atoms with E-state index in [-0.39, 0.29) is 40.5 Å². The Morgan fingerprint density at radius 2 is 2.08 bits per heavy atom. The number of aliphatic hydroxyl groups is 1. The molecule has 6 nitrogen and oxygen atoms in total. The predicted octanol–water partition coefficient (Wildman–Crippen LogP) is 2.10. The zero-order chi connectivity index (χ0) is 17.3. The third-order valence-electron chi connectivity index (χ3n) is 3.03. The first-order chi connectivity index (χ1) is 10.8. The van der Waals surface area contributed by atoms with Crippen LogP contribution in [-0.2, 0) is 9.84 Å². The lowest BCUT2D eigenvalue weighted by molar-refractivity contribution is 0.206. The molecule has 1 aromatic rings. The van der Waals surface area contributed by atoms with Crippen LogP contribution < -0.4 is 10.6 Å². The van der Waals surface area contributed by atoms with Gasteiger partial charge in [-0.1, -0.05) is 19.9 Å². The van der Waals surface area contributed by atoms with Crippen molar-refractivity contribution in [3.8, 4) is 0 Å². The quantitative estimate of drug-likeness (QED) is 0.281. The Balaban J connectivity index is 0.00000529. The van der Waals surface area contributed by atoms with Gasteiger partial charge in [-0.05, 0) is 30.7 Å². The van der Waals surface area contributed by atoms with Crippen LogP contribution in [-0.4, -0.2) is 51.0 Å². The molecular formula is C15H28IN3O3S2. The van der Waals surface area contributed by atoms with E-state index in [1.165, 1.54) is 0 Å².